The first-order chi connectivity index (χ1) is 9.94. The molecule has 1 saturated carbocycles. The Morgan fingerprint density at radius 2 is 2.14 bits per heavy atom. The van der Waals surface area contributed by atoms with E-state index in [1.165, 1.54) is 7.11 Å². The smallest absolute Gasteiger partial charge is 0.325 e. The summed E-state index contributed by atoms with van der Waals surface area (Å²) in [5.74, 6) is 0.590. The highest BCUT2D eigenvalue weighted by atomic mass is 35.5. The second-order valence-corrected chi connectivity index (χ2v) is 7.40. The van der Waals surface area contributed by atoms with Gasteiger partial charge in [-0.15, -0.1) is 11.8 Å². The zero-order chi connectivity index (χ0) is 15.5. The van der Waals surface area contributed by atoms with Crippen LogP contribution in [0.1, 0.15) is 26.2 Å². The van der Waals surface area contributed by atoms with Crippen LogP contribution in [0.3, 0.4) is 0 Å². The van der Waals surface area contributed by atoms with Gasteiger partial charge in [-0.2, -0.15) is 0 Å². The molecule has 6 heteroatoms. The summed E-state index contributed by atoms with van der Waals surface area (Å²) < 4.78 is 4.93. The molecule has 1 fully saturated rings. The molecule has 116 valence electrons. The van der Waals surface area contributed by atoms with E-state index in [1.807, 2.05) is 19.1 Å². The standard InChI is InChI=1S/C15H19Cl2NO2S/c1-15(14(19)20-2,18-10-3-4-10)7-8-21-11-5-6-12(16)13(17)9-11/h5-6,9-10,18H,3-4,7-8H2,1-2H3. The van der Waals surface area contributed by atoms with Crippen LogP contribution in [0.2, 0.25) is 10.0 Å². The molecule has 21 heavy (non-hydrogen) atoms. The third-order valence-electron chi connectivity index (χ3n) is 3.50. The normalized spacial score (nSPS) is 17.3. The lowest BCUT2D eigenvalue weighted by Crippen LogP contribution is -2.51. The quantitative estimate of drug-likeness (QED) is 0.593. The first-order valence-corrected chi connectivity index (χ1v) is 8.63. The van der Waals surface area contributed by atoms with Gasteiger partial charge in [0.25, 0.3) is 0 Å². The number of hydrogen-bond donors (Lipinski definition) is 1. The van der Waals surface area contributed by atoms with E-state index in [-0.39, 0.29) is 5.97 Å². The topological polar surface area (TPSA) is 38.3 Å². The number of carbonyl (C=O) groups is 1. The molecule has 1 aromatic carbocycles. The van der Waals surface area contributed by atoms with Crippen molar-refractivity contribution in [2.24, 2.45) is 0 Å². The molecule has 2 rings (SSSR count). The average Bonchev–Trinajstić information content (AvgIpc) is 3.25. The van der Waals surface area contributed by atoms with Gasteiger partial charge in [-0.3, -0.25) is 10.1 Å². The minimum Gasteiger partial charge on any atom is -0.468 e. The largest absolute Gasteiger partial charge is 0.468 e. The van der Waals surface area contributed by atoms with Gasteiger partial charge >= 0.3 is 5.97 Å². The van der Waals surface area contributed by atoms with Crippen molar-refractivity contribution < 1.29 is 9.53 Å². The SMILES string of the molecule is COC(=O)C(C)(CCSc1ccc(Cl)c(Cl)c1)NC1CC1. The minimum atomic E-state index is -0.626. The van der Waals surface area contributed by atoms with Gasteiger partial charge in [0, 0.05) is 16.7 Å². The van der Waals surface area contributed by atoms with Gasteiger partial charge in [0.15, 0.2) is 0 Å². The molecule has 0 aromatic heterocycles. The first kappa shape index (κ1) is 16.9. The van der Waals surface area contributed by atoms with E-state index in [0.29, 0.717) is 22.5 Å². The second-order valence-electron chi connectivity index (χ2n) is 5.42. The van der Waals surface area contributed by atoms with Crippen molar-refractivity contribution in [3.8, 4) is 0 Å². The zero-order valence-electron chi connectivity index (χ0n) is 12.1. The van der Waals surface area contributed by atoms with Gasteiger partial charge in [0.1, 0.15) is 5.54 Å². The van der Waals surface area contributed by atoms with Gasteiger partial charge in [0.2, 0.25) is 0 Å². The first-order valence-electron chi connectivity index (χ1n) is 6.88. The zero-order valence-corrected chi connectivity index (χ0v) is 14.4. The molecule has 1 aromatic rings. The van der Waals surface area contributed by atoms with E-state index in [1.54, 1.807) is 17.8 Å². The van der Waals surface area contributed by atoms with E-state index in [9.17, 15) is 4.79 Å². The van der Waals surface area contributed by atoms with Crippen molar-refractivity contribution in [3.63, 3.8) is 0 Å². The van der Waals surface area contributed by atoms with Crippen molar-refractivity contribution in [3.05, 3.63) is 28.2 Å². The van der Waals surface area contributed by atoms with Gasteiger partial charge < -0.3 is 4.74 Å². The van der Waals surface area contributed by atoms with Crippen LogP contribution in [0.5, 0.6) is 0 Å². The maximum Gasteiger partial charge on any atom is 0.325 e. The minimum absolute atomic E-state index is 0.205. The number of ether oxygens (including phenoxy) is 1. The predicted molar refractivity (Wildman–Crippen MR) is 88.4 cm³/mol. The van der Waals surface area contributed by atoms with Gasteiger partial charge in [-0.1, -0.05) is 23.2 Å². The maximum absolute atomic E-state index is 12.0. The highest BCUT2D eigenvalue weighted by molar-refractivity contribution is 7.99. The van der Waals surface area contributed by atoms with E-state index in [4.69, 9.17) is 27.9 Å². The number of benzene rings is 1. The molecule has 0 saturated heterocycles. The number of esters is 1. The number of carbonyl (C=O) groups excluding carboxylic acids is 1. The summed E-state index contributed by atoms with van der Waals surface area (Å²) in [7, 11) is 1.43. The van der Waals surface area contributed by atoms with E-state index in [0.717, 1.165) is 23.5 Å². The molecule has 0 bridgehead atoms. The van der Waals surface area contributed by atoms with Crippen LogP contribution in [0, 0.1) is 0 Å². The molecule has 0 aliphatic heterocycles. The Morgan fingerprint density at radius 1 is 1.43 bits per heavy atom. The fourth-order valence-electron chi connectivity index (χ4n) is 2.08. The Hall–Kier alpha value is -0.420. The molecule has 3 nitrogen and oxygen atoms in total. The van der Waals surface area contributed by atoms with Gasteiger partial charge in [-0.05, 0) is 44.4 Å². The third-order valence-corrected chi connectivity index (χ3v) is 5.23. The van der Waals surface area contributed by atoms with E-state index in [2.05, 4.69) is 5.32 Å². The van der Waals surface area contributed by atoms with Gasteiger partial charge in [0.05, 0.1) is 17.2 Å². The van der Waals surface area contributed by atoms with Crippen molar-refractivity contribution in [1.29, 1.82) is 0 Å². The molecule has 1 aliphatic rings. The number of methoxy groups -OCH3 is 1. The monoisotopic (exact) mass is 347 g/mol. The number of halogens is 2. The molecular formula is C15H19Cl2NO2S. The summed E-state index contributed by atoms with van der Waals surface area (Å²) in [6.07, 6.45) is 2.96. The molecule has 1 atom stereocenters. The van der Waals surface area contributed by atoms with Crippen LogP contribution in [-0.2, 0) is 9.53 Å². The molecule has 0 heterocycles. The molecule has 0 radical (unpaired) electrons. The van der Waals surface area contributed by atoms with Crippen molar-refractivity contribution in [2.75, 3.05) is 12.9 Å². The van der Waals surface area contributed by atoms with Crippen LogP contribution in [0.15, 0.2) is 23.1 Å². The number of hydrogen-bond acceptors (Lipinski definition) is 4. The summed E-state index contributed by atoms with van der Waals surface area (Å²) in [4.78, 5) is 13.1. The Kier molecular flexibility index (Phi) is 5.83. The van der Waals surface area contributed by atoms with Crippen molar-refractivity contribution >= 4 is 40.9 Å². The highest BCUT2D eigenvalue weighted by Crippen LogP contribution is 2.30. The number of thioether (sulfide) groups is 1. The molecule has 0 spiro atoms. The molecule has 1 N–H and O–H groups in total. The van der Waals surface area contributed by atoms with Crippen LogP contribution < -0.4 is 5.32 Å². The number of nitrogens with one attached hydrogen (secondary N) is 1. The lowest BCUT2D eigenvalue weighted by molar-refractivity contribution is -0.148. The summed E-state index contributed by atoms with van der Waals surface area (Å²) in [5, 5.41) is 4.49. The second kappa shape index (κ2) is 7.23. The van der Waals surface area contributed by atoms with Crippen LogP contribution in [0.25, 0.3) is 0 Å². The number of rotatable bonds is 7. The Labute approximate surface area is 139 Å². The summed E-state index contributed by atoms with van der Waals surface area (Å²) in [6.45, 7) is 1.91. The third kappa shape index (κ3) is 4.78. The van der Waals surface area contributed by atoms with Crippen LogP contribution >= 0.6 is 35.0 Å². The van der Waals surface area contributed by atoms with E-state index >= 15 is 0 Å². The van der Waals surface area contributed by atoms with Crippen LogP contribution in [0.4, 0.5) is 0 Å². The maximum atomic E-state index is 12.0. The molecule has 1 aliphatic carbocycles. The summed E-state index contributed by atoms with van der Waals surface area (Å²) >= 11 is 13.6. The Balaban J connectivity index is 1.91. The molecule has 0 amide bonds. The van der Waals surface area contributed by atoms with Crippen LogP contribution in [-0.4, -0.2) is 30.4 Å². The lowest BCUT2D eigenvalue weighted by Gasteiger charge is -2.28. The van der Waals surface area contributed by atoms with Gasteiger partial charge in [-0.25, -0.2) is 0 Å². The fourth-order valence-corrected chi connectivity index (χ4v) is 3.55. The highest BCUT2D eigenvalue weighted by Gasteiger charge is 2.38. The fraction of sp³-hybridized carbons (Fsp3) is 0.533. The Bertz CT molecular complexity index is 522. The molecule has 1 unspecified atom stereocenters. The van der Waals surface area contributed by atoms with Crippen molar-refractivity contribution in [1.82, 2.24) is 5.32 Å². The summed E-state index contributed by atoms with van der Waals surface area (Å²) in [5.41, 5.74) is -0.626. The Morgan fingerprint density at radius 3 is 2.71 bits per heavy atom. The van der Waals surface area contributed by atoms with Crippen molar-refractivity contribution in [2.45, 2.75) is 42.7 Å². The van der Waals surface area contributed by atoms with E-state index < -0.39 is 5.54 Å². The molecular weight excluding hydrogens is 329 g/mol. The predicted octanol–water partition coefficient (Wildman–Crippen LogP) is 4.16. The lowest BCUT2D eigenvalue weighted by atomic mass is 9.99. The summed E-state index contributed by atoms with van der Waals surface area (Å²) in [6, 6.07) is 6.01. The average molecular weight is 348 g/mol.